The predicted octanol–water partition coefficient (Wildman–Crippen LogP) is 1.01. The monoisotopic (exact) mass is 334 g/mol. The molecule has 0 aromatic carbocycles. The number of fused-ring (bicyclic) bond motifs is 1. The molecule has 1 N–H and O–H groups in total. The van der Waals surface area contributed by atoms with Crippen molar-refractivity contribution in [3.63, 3.8) is 0 Å². The first-order valence-corrected chi connectivity index (χ1v) is 8.05. The van der Waals surface area contributed by atoms with Crippen molar-refractivity contribution in [1.29, 1.82) is 0 Å². The zero-order chi connectivity index (χ0) is 16.6. The largest absolute Gasteiger partial charge is 0.331 e. The third-order valence-electron chi connectivity index (χ3n) is 3.56. The Bertz CT molecular complexity index is 745. The molecule has 0 spiro atoms. The zero-order valence-corrected chi connectivity index (χ0v) is 14.1. The van der Waals surface area contributed by atoms with Crippen LogP contribution in [-0.4, -0.2) is 42.2 Å². The van der Waals surface area contributed by atoms with E-state index in [1.54, 1.807) is 12.5 Å². The number of aromatic nitrogens is 4. The third kappa shape index (κ3) is 3.24. The highest BCUT2D eigenvalue weighted by molar-refractivity contribution is 7.10. The van der Waals surface area contributed by atoms with E-state index in [2.05, 4.69) is 19.7 Å². The molecule has 0 radical (unpaired) electrons. The van der Waals surface area contributed by atoms with Gasteiger partial charge >= 0.3 is 11.8 Å². The van der Waals surface area contributed by atoms with Crippen molar-refractivity contribution in [2.24, 2.45) is 0 Å². The van der Waals surface area contributed by atoms with Gasteiger partial charge in [0.2, 0.25) is 5.13 Å². The topological polar surface area (TPSA) is 93.0 Å². The maximum absolute atomic E-state index is 12.3. The molecule has 122 valence electrons. The Balaban J connectivity index is 1.64. The Hall–Kier alpha value is -2.29. The van der Waals surface area contributed by atoms with Crippen molar-refractivity contribution in [2.45, 2.75) is 39.3 Å². The average Bonchev–Trinajstić information content (AvgIpc) is 3.13. The minimum absolute atomic E-state index is 0.200. The van der Waals surface area contributed by atoms with E-state index in [9.17, 15) is 9.59 Å². The van der Waals surface area contributed by atoms with Gasteiger partial charge in [0, 0.05) is 36.2 Å². The summed E-state index contributed by atoms with van der Waals surface area (Å²) in [5.41, 5.74) is 0.720. The van der Waals surface area contributed by atoms with Crippen LogP contribution in [-0.2, 0) is 28.1 Å². The molecule has 2 aromatic heterocycles. The molecule has 0 saturated heterocycles. The first-order chi connectivity index (χ1) is 10.8. The van der Waals surface area contributed by atoms with E-state index in [0.717, 1.165) is 17.2 Å². The summed E-state index contributed by atoms with van der Waals surface area (Å²) in [5.74, 6) is -0.605. The van der Waals surface area contributed by atoms with Crippen LogP contribution >= 0.6 is 11.5 Å². The SMILES string of the molecule is CC(C)(C)c1nsc(NC(=O)C(=O)N2CCn3cncc3C2)n1. The van der Waals surface area contributed by atoms with Crippen molar-refractivity contribution in [1.82, 2.24) is 23.8 Å². The molecular formula is C14H18N6O2S. The summed E-state index contributed by atoms with van der Waals surface area (Å²) < 4.78 is 6.19. The molecule has 8 nitrogen and oxygen atoms in total. The highest BCUT2D eigenvalue weighted by Gasteiger charge is 2.27. The van der Waals surface area contributed by atoms with E-state index >= 15 is 0 Å². The second-order valence-electron chi connectivity index (χ2n) is 6.43. The van der Waals surface area contributed by atoms with Crippen molar-refractivity contribution in [3.05, 3.63) is 24.0 Å². The fourth-order valence-corrected chi connectivity index (χ4v) is 2.98. The number of imidazole rings is 1. The lowest BCUT2D eigenvalue weighted by atomic mass is 9.96. The first kappa shape index (κ1) is 15.6. The van der Waals surface area contributed by atoms with Gasteiger partial charge in [-0.25, -0.2) is 9.97 Å². The number of hydrogen-bond donors (Lipinski definition) is 1. The molecule has 0 aliphatic carbocycles. The minimum Gasteiger partial charge on any atom is -0.331 e. The fraction of sp³-hybridized carbons (Fsp3) is 0.500. The number of carbonyl (C=O) groups is 2. The first-order valence-electron chi connectivity index (χ1n) is 7.28. The number of rotatable bonds is 1. The number of nitrogens with one attached hydrogen (secondary N) is 1. The molecule has 0 fully saturated rings. The fourth-order valence-electron chi connectivity index (χ4n) is 2.23. The number of hydrogen-bond acceptors (Lipinski definition) is 6. The Labute approximate surface area is 137 Å². The average molecular weight is 334 g/mol. The van der Waals surface area contributed by atoms with Crippen LogP contribution in [0.3, 0.4) is 0 Å². The summed E-state index contributed by atoms with van der Waals surface area (Å²) in [6.45, 7) is 7.48. The minimum atomic E-state index is -0.686. The van der Waals surface area contributed by atoms with E-state index in [4.69, 9.17) is 0 Å². The van der Waals surface area contributed by atoms with Gasteiger partial charge in [-0.1, -0.05) is 20.8 Å². The summed E-state index contributed by atoms with van der Waals surface area (Å²) >= 11 is 1.08. The van der Waals surface area contributed by atoms with E-state index < -0.39 is 11.8 Å². The number of carbonyl (C=O) groups excluding carboxylic acids is 2. The molecule has 9 heteroatoms. The summed E-state index contributed by atoms with van der Waals surface area (Å²) in [5, 5.41) is 2.88. The Morgan fingerprint density at radius 1 is 1.30 bits per heavy atom. The van der Waals surface area contributed by atoms with E-state index in [0.29, 0.717) is 30.6 Å². The van der Waals surface area contributed by atoms with Gasteiger partial charge in [-0.2, -0.15) is 4.37 Å². The smallest absolute Gasteiger partial charge is 0.315 e. The standard InChI is InChI=1S/C14H18N6O2S/c1-14(2,3)12-17-13(23-18-12)16-10(21)11(22)19-4-5-20-8-15-6-9(20)7-19/h6,8H,4-5,7H2,1-3H3,(H,16,17,18,21). The van der Waals surface area contributed by atoms with E-state index in [-0.39, 0.29) is 5.41 Å². The molecule has 0 atom stereocenters. The maximum atomic E-state index is 12.3. The zero-order valence-electron chi connectivity index (χ0n) is 13.2. The summed E-state index contributed by atoms with van der Waals surface area (Å²) in [4.78, 5) is 34.2. The lowest BCUT2D eigenvalue weighted by Gasteiger charge is -2.27. The summed E-state index contributed by atoms with van der Waals surface area (Å²) in [7, 11) is 0. The Morgan fingerprint density at radius 3 is 2.78 bits per heavy atom. The van der Waals surface area contributed by atoms with Crippen LogP contribution in [0.5, 0.6) is 0 Å². The van der Waals surface area contributed by atoms with Gasteiger partial charge in [-0.3, -0.25) is 14.9 Å². The summed E-state index contributed by atoms with van der Waals surface area (Å²) in [6.07, 6.45) is 3.43. The van der Waals surface area contributed by atoms with Crippen LogP contribution in [0.4, 0.5) is 5.13 Å². The van der Waals surface area contributed by atoms with Crippen LogP contribution < -0.4 is 5.32 Å². The van der Waals surface area contributed by atoms with Crippen LogP contribution in [0.1, 0.15) is 32.3 Å². The van der Waals surface area contributed by atoms with Crippen molar-refractivity contribution >= 4 is 28.5 Å². The molecule has 3 rings (SSSR count). The van der Waals surface area contributed by atoms with Gasteiger partial charge in [0.1, 0.15) is 5.82 Å². The van der Waals surface area contributed by atoms with Gasteiger partial charge < -0.3 is 9.47 Å². The van der Waals surface area contributed by atoms with Crippen LogP contribution in [0.2, 0.25) is 0 Å². The molecule has 1 aliphatic heterocycles. The second kappa shape index (κ2) is 5.73. The Kier molecular flexibility index (Phi) is 3.88. The molecule has 1 aliphatic rings. The van der Waals surface area contributed by atoms with Crippen molar-refractivity contribution < 1.29 is 9.59 Å². The van der Waals surface area contributed by atoms with Crippen LogP contribution in [0.15, 0.2) is 12.5 Å². The molecule has 0 bridgehead atoms. The molecule has 0 saturated carbocycles. The van der Waals surface area contributed by atoms with Gasteiger partial charge in [-0.05, 0) is 0 Å². The predicted molar refractivity (Wildman–Crippen MR) is 84.9 cm³/mol. The molecule has 2 amide bonds. The number of amides is 2. The molecule has 3 heterocycles. The second-order valence-corrected chi connectivity index (χ2v) is 7.18. The van der Waals surface area contributed by atoms with E-state index in [1.165, 1.54) is 4.90 Å². The third-order valence-corrected chi connectivity index (χ3v) is 4.19. The van der Waals surface area contributed by atoms with Crippen molar-refractivity contribution in [3.8, 4) is 0 Å². The quantitative estimate of drug-likeness (QED) is 0.786. The number of nitrogens with zero attached hydrogens (tertiary/aromatic N) is 5. The van der Waals surface area contributed by atoms with Gasteiger partial charge in [0.05, 0.1) is 18.6 Å². The Morgan fingerprint density at radius 2 is 2.09 bits per heavy atom. The van der Waals surface area contributed by atoms with Crippen LogP contribution in [0, 0.1) is 0 Å². The highest BCUT2D eigenvalue weighted by atomic mass is 32.1. The molecular weight excluding hydrogens is 316 g/mol. The normalized spacial score (nSPS) is 14.5. The summed E-state index contributed by atoms with van der Waals surface area (Å²) in [6, 6.07) is 0. The lowest BCUT2D eigenvalue weighted by molar-refractivity contribution is -0.144. The van der Waals surface area contributed by atoms with Crippen LogP contribution in [0.25, 0.3) is 0 Å². The number of anilines is 1. The van der Waals surface area contributed by atoms with Gasteiger partial charge in [0.25, 0.3) is 0 Å². The highest BCUT2D eigenvalue weighted by Crippen LogP contribution is 2.23. The lowest BCUT2D eigenvalue weighted by Crippen LogP contribution is -2.43. The van der Waals surface area contributed by atoms with Crippen molar-refractivity contribution in [2.75, 3.05) is 11.9 Å². The van der Waals surface area contributed by atoms with Gasteiger partial charge in [-0.15, -0.1) is 0 Å². The van der Waals surface area contributed by atoms with Gasteiger partial charge in [0.15, 0.2) is 0 Å². The molecule has 23 heavy (non-hydrogen) atoms. The van der Waals surface area contributed by atoms with E-state index in [1.807, 2.05) is 25.3 Å². The maximum Gasteiger partial charge on any atom is 0.315 e. The molecule has 0 unspecified atom stereocenters. The molecule has 2 aromatic rings.